The van der Waals surface area contributed by atoms with E-state index in [0.717, 1.165) is 11.3 Å². The molecular formula is C18H20BFN2O2. The Bertz CT molecular complexity index is 747. The van der Waals surface area contributed by atoms with Crippen LogP contribution in [0, 0.1) is 0 Å². The summed E-state index contributed by atoms with van der Waals surface area (Å²) in [5.74, 6) is 0. The molecule has 0 atom stereocenters. The Labute approximate surface area is 141 Å². The summed E-state index contributed by atoms with van der Waals surface area (Å²) < 4.78 is 26.0. The molecule has 2 aromatic heterocycles. The predicted octanol–water partition coefficient (Wildman–Crippen LogP) is 4.09. The highest BCUT2D eigenvalue weighted by Gasteiger charge is 2.53. The topological polar surface area (TPSA) is 44.2 Å². The van der Waals surface area contributed by atoms with E-state index in [-0.39, 0.29) is 0 Å². The largest absolute Gasteiger partial charge is 0.525 e. The maximum Gasteiger partial charge on any atom is 0.525 e. The van der Waals surface area contributed by atoms with Crippen LogP contribution >= 0.6 is 0 Å². The van der Waals surface area contributed by atoms with Gasteiger partial charge in [0.25, 0.3) is 0 Å². The minimum atomic E-state index is -0.993. The molecule has 0 N–H and O–H groups in total. The zero-order chi connectivity index (χ0) is 17.4. The molecule has 0 radical (unpaired) electrons. The molecule has 0 aliphatic carbocycles. The van der Waals surface area contributed by atoms with Crippen LogP contribution in [-0.2, 0) is 9.31 Å². The fraction of sp³-hybridized carbons (Fsp3) is 0.333. The predicted molar refractivity (Wildman–Crippen MR) is 92.6 cm³/mol. The van der Waals surface area contributed by atoms with Crippen molar-refractivity contribution in [2.24, 2.45) is 0 Å². The minimum absolute atomic E-state index is 0.458. The van der Waals surface area contributed by atoms with Gasteiger partial charge in [-0.25, -0.2) is 4.39 Å². The second kappa shape index (κ2) is 6.11. The van der Waals surface area contributed by atoms with Gasteiger partial charge in [-0.2, -0.15) is 0 Å². The summed E-state index contributed by atoms with van der Waals surface area (Å²) in [4.78, 5) is 8.31. The SMILES string of the molecule is CC1(C)OB(C(F)=Cc2ccnc(-c3ccncc3)c2)OC1(C)C. The molecule has 0 bridgehead atoms. The monoisotopic (exact) mass is 326 g/mol. The zero-order valence-corrected chi connectivity index (χ0v) is 14.3. The van der Waals surface area contributed by atoms with Gasteiger partial charge in [-0.05, 0) is 63.6 Å². The lowest BCUT2D eigenvalue weighted by molar-refractivity contribution is 0.00578. The van der Waals surface area contributed by atoms with E-state index in [2.05, 4.69) is 9.97 Å². The van der Waals surface area contributed by atoms with Crippen molar-refractivity contribution in [3.8, 4) is 11.3 Å². The molecule has 0 aromatic carbocycles. The van der Waals surface area contributed by atoms with Gasteiger partial charge < -0.3 is 9.31 Å². The molecule has 24 heavy (non-hydrogen) atoms. The Hall–Kier alpha value is -2.05. The number of aromatic nitrogens is 2. The number of pyridine rings is 2. The molecule has 0 saturated carbocycles. The molecule has 1 fully saturated rings. The lowest BCUT2D eigenvalue weighted by Crippen LogP contribution is -2.41. The van der Waals surface area contributed by atoms with E-state index < -0.39 is 24.0 Å². The van der Waals surface area contributed by atoms with Gasteiger partial charge >= 0.3 is 7.12 Å². The third kappa shape index (κ3) is 3.25. The molecule has 124 valence electrons. The average molecular weight is 326 g/mol. The maximum atomic E-state index is 14.6. The zero-order valence-electron chi connectivity index (χ0n) is 14.3. The van der Waals surface area contributed by atoms with E-state index in [0.29, 0.717) is 5.56 Å². The molecule has 1 aliphatic heterocycles. The Morgan fingerprint density at radius 2 is 1.67 bits per heavy atom. The van der Waals surface area contributed by atoms with Gasteiger partial charge in [0.1, 0.15) is 5.73 Å². The first-order valence-electron chi connectivity index (χ1n) is 7.88. The average Bonchev–Trinajstić information content (AvgIpc) is 2.77. The highest BCUT2D eigenvalue weighted by molar-refractivity contribution is 6.54. The molecule has 0 spiro atoms. The van der Waals surface area contributed by atoms with Gasteiger partial charge in [0, 0.05) is 24.2 Å². The van der Waals surface area contributed by atoms with Crippen LogP contribution in [0.3, 0.4) is 0 Å². The molecule has 3 rings (SSSR count). The first-order valence-corrected chi connectivity index (χ1v) is 7.88. The number of hydrogen-bond donors (Lipinski definition) is 0. The van der Waals surface area contributed by atoms with Crippen LogP contribution in [0.15, 0.2) is 48.6 Å². The van der Waals surface area contributed by atoms with Crippen molar-refractivity contribution in [2.45, 2.75) is 38.9 Å². The Morgan fingerprint density at radius 1 is 1.04 bits per heavy atom. The molecular weight excluding hydrogens is 306 g/mol. The lowest BCUT2D eigenvalue weighted by atomic mass is 9.87. The first kappa shape index (κ1) is 16.8. The van der Waals surface area contributed by atoms with Crippen LogP contribution in [0.4, 0.5) is 4.39 Å². The Balaban J connectivity index is 1.84. The normalized spacial score (nSPS) is 19.5. The second-order valence-electron chi connectivity index (χ2n) is 6.83. The first-order chi connectivity index (χ1) is 11.3. The Morgan fingerprint density at radius 3 is 2.29 bits per heavy atom. The van der Waals surface area contributed by atoms with E-state index in [1.54, 1.807) is 24.7 Å². The maximum absolute atomic E-state index is 14.6. The van der Waals surface area contributed by atoms with Gasteiger partial charge in [-0.15, -0.1) is 0 Å². The highest BCUT2D eigenvalue weighted by atomic mass is 19.1. The van der Waals surface area contributed by atoms with Crippen molar-refractivity contribution in [1.82, 2.24) is 9.97 Å². The van der Waals surface area contributed by atoms with Crippen LogP contribution < -0.4 is 0 Å². The van der Waals surface area contributed by atoms with Crippen molar-refractivity contribution in [2.75, 3.05) is 0 Å². The highest BCUT2D eigenvalue weighted by Crippen LogP contribution is 2.39. The van der Waals surface area contributed by atoms with Crippen LogP contribution in [0.2, 0.25) is 0 Å². The summed E-state index contributed by atoms with van der Waals surface area (Å²) >= 11 is 0. The molecule has 0 unspecified atom stereocenters. The Kier molecular flexibility index (Phi) is 4.28. The standard InChI is InChI=1S/C18H20BFN2O2/c1-17(2)18(3,4)24-19(23-17)16(20)12-13-5-10-22-15(11-13)14-6-8-21-9-7-14/h5-12H,1-4H3. The van der Waals surface area contributed by atoms with Crippen LogP contribution in [-0.4, -0.2) is 28.3 Å². The van der Waals surface area contributed by atoms with E-state index in [1.165, 1.54) is 6.08 Å². The molecule has 3 heterocycles. The van der Waals surface area contributed by atoms with E-state index in [4.69, 9.17) is 9.31 Å². The van der Waals surface area contributed by atoms with Crippen molar-refractivity contribution >= 4 is 13.2 Å². The van der Waals surface area contributed by atoms with Gasteiger partial charge in [0.2, 0.25) is 0 Å². The summed E-state index contributed by atoms with van der Waals surface area (Å²) in [6, 6.07) is 7.29. The van der Waals surface area contributed by atoms with Crippen LogP contribution in [0.5, 0.6) is 0 Å². The summed E-state index contributed by atoms with van der Waals surface area (Å²) in [6.07, 6.45) is 6.47. The van der Waals surface area contributed by atoms with E-state index >= 15 is 0 Å². The molecule has 4 nitrogen and oxygen atoms in total. The summed E-state index contributed by atoms with van der Waals surface area (Å²) in [6.45, 7) is 7.59. The number of rotatable bonds is 3. The summed E-state index contributed by atoms with van der Waals surface area (Å²) in [7, 11) is -0.993. The molecule has 6 heteroatoms. The van der Waals surface area contributed by atoms with Crippen molar-refractivity contribution < 1.29 is 13.7 Å². The second-order valence-corrected chi connectivity index (χ2v) is 6.83. The van der Waals surface area contributed by atoms with Gasteiger partial charge in [0.15, 0.2) is 0 Å². The number of halogens is 1. The molecule has 2 aromatic rings. The van der Waals surface area contributed by atoms with Crippen molar-refractivity contribution in [3.05, 3.63) is 54.1 Å². The minimum Gasteiger partial charge on any atom is -0.398 e. The quantitative estimate of drug-likeness (QED) is 0.797. The summed E-state index contributed by atoms with van der Waals surface area (Å²) in [5.41, 5.74) is 0.792. The number of nitrogens with zero attached hydrogens (tertiary/aromatic N) is 2. The van der Waals surface area contributed by atoms with Crippen molar-refractivity contribution in [3.63, 3.8) is 0 Å². The van der Waals surface area contributed by atoms with E-state index in [1.807, 2.05) is 45.9 Å². The third-order valence-corrected chi connectivity index (χ3v) is 4.54. The van der Waals surface area contributed by atoms with Gasteiger partial charge in [-0.1, -0.05) is 0 Å². The molecule has 0 amide bonds. The third-order valence-electron chi connectivity index (χ3n) is 4.54. The van der Waals surface area contributed by atoms with Gasteiger partial charge in [0.05, 0.1) is 16.9 Å². The smallest absolute Gasteiger partial charge is 0.398 e. The van der Waals surface area contributed by atoms with Crippen molar-refractivity contribution in [1.29, 1.82) is 0 Å². The fourth-order valence-corrected chi connectivity index (χ4v) is 2.40. The number of hydrogen-bond acceptors (Lipinski definition) is 4. The molecule has 1 saturated heterocycles. The van der Waals surface area contributed by atoms with Crippen LogP contribution in [0.25, 0.3) is 17.3 Å². The van der Waals surface area contributed by atoms with Crippen LogP contribution in [0.1, 0.15) is 33.3 Å². The van der Waals surface area contributed by atoms with Gasteiger partial charge in [-0.3, -0.25) is 9.97 Å². The fourth-order valence-electron chi connectivity index (χ4n) is 2.40. The molecule has 1 aliphatic rings. The summed E-state index contributed by atoms with van der Waals surface area (Å²) in [5, 5.41) is 0. The van der Waals surface area contributed by atoms with E-state index in [9.17, 15) is 4.39 Å². The lowest BCUT2D eigenvalue weighted by Gasteiger charge is -2.32.